The zero-order chi connectivity index (χ0) is 15.0. The maximum absolute atomic E-state index is 12.6. The summed E-state index contributed by atoms with van der Waals surface area (Å²) in [6, 6.07) is 5.07. The summed E-state index contributed by atoms with van der Waals surface area (Å²) in [6.07, 6.45) is 0.782. The van der Waals surface area contributed by atoms with Crippen molar-refractivity contribution in [1.29, 1.82) is 0 Å². The summed E-state index contributed by atoms with van der Waals surface area (Å²) >= 11 is 12.1. The van der Waals surface area contributed by atoms with Gasteiger partial charge in [0.15, 0.2) is 0 Å². The number of hydrogen-bond donors (Lipinski definition) is 0. The minimum atomic E-state index is -0.726. The van der Waals surface area contributed by atoms with Crippen LogP contribution in [0.5, 0.6) is 0 Å². The van der Waals surface area contributed by atoms with Gasteiger partial charge in [0.05, 0.1) is 16.8 Å². The molecular weight excluding hydrogens is 331 g/mol. The number of nitrogens with zero attached hydrogens (tertiary/aromatic N) is 2. The molecule has 1 aromatic carbocycles. The molecule has 114 valence electrons. The van der Waals surface area contributed by atoms with Gasteiger partial charge < -0.3 is 4.90 Å². The Balaban J connectivity index is 1.75. The number of halogens is 2. The van der Waals surface area contributed by atoms with Gasteiger partial charge >= 0.3 is 0 Å². The molecule has 0 bridgehead atoms. The third-order valence-corrected chi connectivity index (χ3v) is 5.84. The monoisotopic (exact) mass is 346 g/mol. The van der Waals surface area contributed by atoms with Crippen molar-refractivity contribution in [3.8, 4) is 0 Å². The highest BCUT2D eigenvalue weighted by Gasteiger charge is 2.38. The lowest BCUT2D eigenvalue weighted by Crippen LogP contribution is -2.48. The number of rotatable bonds is 2. The SMILES string of the molecule is O=C1[C@H](N2CCS(=O)CC2)CCN1c1ccc(Cl)cc1Cl. The van der Waals surface area contributed by atoms with Gasteiger partial charge in [-0.3, -0.25) is 13.9 Å². The molecule has 0 N–H and O–H groups in total. The fraction of sp³-hybridized carbons (Fsp3) is 0.500. The molecule has 1 amide bonds. The Kier molecular flexibility index (Phi) is 4.54. The van der Waals surface area contributed by atoms with Gasteiger partial charge in [0, 0.05) is 47.0 Å². The lowest BCUT2D eigenvalue weighted by atomic mass is 10.2. The van der Waals surface area contributed by atoms with Crippen LogP contribution in [0.3, 0.4) is 0 Å². The molecule has 0 spiro atoms. The first-order valence-corrected chi connectivity index (χ1v) is 9.16. The highest BCUT2D eigenvalue weighted by Crippen LogP contribution is 2.32. The van der Waals surface area contributed by atoms with E-state index < -0.39 is 10.8 Å². The van der Waals surface area contributed by atoms with E-state index in [0.717, 1.165) is 19.5 Å². The largest absolute Gasteiger partial charge is 0.310 e. The molecule has 0 aliphatic carbocycles. The van der Waals surface area contributed by atoms with E-state index in [4.69, 9.17) is 23.2 Å². The highest BCUT2D eigenvalue weighted by molar-refractivity contribution is 7.85. The first kappa shape index (κ1) is 15.3. The molecule has 3 rings (SSSR count). The van der Waals surface area contributed by atoms with Crippen LogP contribution >= 0.6 is 23.2 Å². The quantitative estimate of drug-likeness (QED) is 0.823. The third-order valence-electron chi connectivity index (χ3n) is 4.03. The van der Waals surface area contributed by atoms with Gasteiger partial charge in [-0.05, 0) is 24.6 Å². The van der Waals surface area contributed by atoms with E-state index >= 15 is 0 Å². The van der Waals surface area contributed by atoms with Crippen molar-refractivity contribution in [3.63, 3.8) is 0 Å². The summed E-state index contributed by atoms with van der Waals surface area (Å²) < 4.78 is 11.4. The fourth-order valence-electron chi connectivity index (χ4n) is 2.91. The summed E-state index contributed by atoms with van der Waals surface area (Å²) in [5.74, 6) is 1.39. The van der Waals surface area contributed by atoms with Crippen LogP contribution in [0.15, 0.2) is 18.2 Å². The standard InChI is InChI=1S/C14H16Cl2N2O2S/c15-10-1-2-12(11(16)9-10)18-4-3-13(14(18)19)17-5-7-21(20)8-6-17/h1-2,9,13H,3-8H2/t13-/m1/s1. The number of anilines is 1. The predicted octanol–water partition coefficient (Wildman–Crippen LogP) is 2.16. The van der Waals surface area contributed by atoms with E-state index in [1.807, 2.05) is 0 Å². The summed E-state index contributed by atoms with van der Waals surface area (Å²) in [7, 11) is -0.726. The Morgan fingerprint density at radius 3 is 2.52 bits per heavy atom. The molecule has 2 aliphatic heterocycles. The van der Waals surface area contributed by atoms with Gasteiger partial charge in [0.25, 0.3) is 0 Å². The number of benzene rings is 1. The maximum atomic E-state index is 12.6. The van der Waals surface area contributed by atoms with Crippen LogP contribution in [-0.4, -0.2) is 52.2 Å². The molecule has 0 saturated carbocycles. The predicted molar refractivity (Wildman–Crippen MR) is 86.7 cm³/mol. The Hall–Kier alpha value is -0.620. The average Bonchev–Trinajstić information content (AvgIpc) is 2.82. The van der Waals surface area contributed by atoms with Crippen molar-refractivity contribution in [2.75, 3.05) is 36.0 Å². The Morgan fingerprint density at radius 2 is 1.86 bits per heavy atom. The molecule has 2 heterocycles. The zero-order valence-corrected chi connectivity index (χ0v) is 13.8. The lowest BCUT2D eigenvalue weighted by molar-refractivity contribution is -0.121. The number of hydrogen-bond acceptors (Lipinski definition) is 3. The minimum Gasteiger partial charge on any atom is -0.310 e. The van der Waals surface area contributed by atoms with E-state index in [2.05, 4.69) is 4.90 Å². The van der Waals surface area contributed by atoms with Crippen molar-refractivity contribution in [1.82, 2.24) is 4.90 Å². The first-order valence-electron chi connectivity index (χ1n) is 6.92. The second kappa shape index (κ2) is 6.24. The fourth-order valence-corrected chi connectivity index (χ4v) is 4.50. The lowest BCUT2D eigenvalue weighted by Gasteiger charge is -2.30. The van der Waals surface area contributed by atoms with Crippen molar-refractivity contribution in [2.24, 2.45) is 0 Å². The smallest absolute Gasteiger partial charge is 0.244 e. The maximum Gasteiger partial charge on any atom is 0.244 e. The summed E-state index contributed by atoms with van der Waals surface area (Å²) in [6.45, 7) is 2.11. The van der Waals surface area contributed by atoms with Crippen LogP contribution in [0, 0.1) is 0 Å². The highest BCUT2D eigenvalue weighted by atomic mass is 35.5. The molecule has 0 radical (unpaired) electrons. The van der Waals surface area contributed by atoms with Crippen LogP contribution in [0.4, 0.5) is 5.69 Å². The van der Waals surface area contributed by atoms with E-state index in [9.17, 15) is 9.00 Å². The molecule has 0 unspecified atom stereocenters. The zero-order valence-electron chi connectivity index (χ0n) is 11.4. The molecule has 2 saturated heterocycles. The number of carbonyl (C=O) groups is 1. The molecular formula is C14H16Cl2N2O2S. The average molecular weight is 347 g/mol. The van der Waals surface area contributed by atoms with Crippen LogP contribution in [0.2, 0.25) is 10.0 Å². The third kappa shape index (κ3) is 3.11. The van der Waals surface area contributed by atoms with Crippen LogP contribution in [0.25, 0.3) is 0 Å². The summed E-state index contributed by atoms with van der Waals surface area (Å²) in [5.41, 5.74) is 0.717. The van der Waals surface area contributed by atoms with E-state index in [0.29, 0.717) is 33.8 Å². The van der Waals surface area contributed by atoms with E-state index in [-0.39, 0.29) is 11.9 Å². The molecule has 7 heteroatoms. The molecule has 4 nitrogen and oxygen atoms in total. The van der Waals surface area contributed by atoms with Gasteiger partial charge in [-0.25, -0.2) is 0 Å². The molecule has 0 aromatic heterocycles. The second-order valence-electron chi connectivity index (χ2n) is 5.27. The van der Waals surface area contributed by atoms with Crippen molar-refractivity contribution in [3.05, 3.63) is 28.2 Å². The molecule has 2 aliphatic rings. The van der Waals surface area contributed by atoms with Gasteiger partial charge in [-0.2, -0.15) is 0 Å². The summed E-state index contributed by atoms with van der Waals surface area (Å²) in [5, 5.41) is 1.06. The molecule has 1 aromatic rings. The molecule has 21 heavy (non-hydrogen) atoms. The van der Waals surface area contributed by atoms with Gasteiger partial charge in [0.1, 0.15) is 0 Å². The van der Waals surface area contributed by atoms with Crippen LogP contribution < -0.4 is 4.90 Å². The normalized spacial score (nSPS) is 24.8. The van der Waals surface area contributed by atoms with Crippen molar-refractivity contribution >= 4 is 45.6 Å². The van der Waals surface area contributed by atoms with Crippen LogP contribution in [0.1, 0.15) is 6.42 Å². The van der Waals surface area contributed by atoms with Crippen LogP contribution in [-0.2, 0) is 15.6 Å². The van der Waals surface area contributed by atoms with Gasteiger partial charge in [-0.15, -0.1) is 0 Å². The topological polar surface area (TPSA) is 40.6 Å². The Morgan fingerprint density at radius 1 is 1.14 bits per heavy atom. The first-order chi connectivity index (χ1) is 10.1. The minimum absolute atomic E-state index is 0.0758. The molecule has 2 fully saturated rings. The summed E-state index contributed by atoms with van der Waals surface area (Å²) in [4.78, 5) is 16.5. The van der Waals surface area contributed by atoms with Crippen molar-refractivity contribution < 1.29 is 9.00 Å². The van der Waals surface area contributed by atoms with Crippen molar-refractivity contribution in [2.45, 2.75) is 12.5 Å². The number of amides is 1. The van der Waals surface area contributed by atoms with E-state index in [1.165, 1.54) is 0 Å². The van der Waals surface area contributed by atoms with Gasteiger partial charge in [-0.1, -0.05) is 23.2 Å². The second-order valence-corrected chi connectivity index (χ2v) is 7.81. The number of carbonyl (C=O) groups excluding carboxylic acids is 1. The molecule has 1 atom stereocenters. The van der Waals surface area contributed by atoms with Gasteiger partial charge in [0.2, 0.25) is 5.91 Å². The Bertz CT molecular complexity index is 586. The Labute approximate surface area is 136 Å². The van der Waals surface area contributed by atoms with E-state index in [1.54, 1.807) is 23.1 Å².